The van der Waals surface area contributed by atoms with Crippen LogP contribution in [0.15, 0.2) is 47.4 Å². The number of nitrogens with zero attached hydrogens (tertiary/aromatic N) is 1. The summed E-state index contributed by atoms with van der Waals surface area (Å²) in [6.45, 7) is 2.10. The van der Waals surface area contributed by atoms with Gasteiger partial charge < -0.3 is 9.47 Å². The number of benzene rings is 2. The Kier molecular flexibility index (Phi) is 4.19. The van der Waals surface area contributed by atoms with Gasteiger partial charge in [-0.2, -0.15) is 0 Å². The van der Waals surface area contributed by atoms with Crippen LogP contribution in [0.1, 0.15) is 15.9 Å². The van der Waals surface area contributed by atoms with E-state index in [-0.39, 0.29) is 23.6 Å². The van der Waals surface area contributed by atoms with Crippen molar-refractivity contribution < 1.29 is 22.7 Å². The minimum absolute atomic E-state index is 0.0592. The molecule has 3 rings (SSSR count). The molecule has 2 aromatic carbocycles. The van der Waals surface area contributed by atoms with Crippen molar-refractivity contribution in [3.05, 3.63) is 53.6 Å². The van der Waals surface area contributed by atoms with Gasteiger partial charge in [0.25, 0.3) is 10.0 Å². The molecule has 0 spiro atoms. The number of methoxy groups -OCH3 is 1. The summed E-state index contributed by atoms with van der Waals surface area (Å²) in [4.78, 5) is 12.0. The molecule has 0 atom stereocenters. The Morgan fingerprint density at radius 2 is 1.92 bits per heavy atom. The van der Waals surface area contributed by atoms with Gasteiger partial charge in [-0.3, -0.25) is 4.31 Å². The summed E-state index contributed by atoms with van der Waals surface area (Å²) in [6.07, 6.45) is 0. The average molecular weight is 347 g/mol. The summed E-state index contributed by atoms with van der Waals surface area (Å²) in [5.41, 5.74) is 1.06. The molecule has 0 saturated carbocycles. The molecule has 1 aliphatic heterocycles. The first kappa shape index (κ1) is 16.3. The zero-order valence-corrected chi connectivity index (χ0v) is 14.2. The van der Waals surface area contributed by atoms with Crippen LogP contribution in [0, 0.1) is 6.92 Å². The molecule has 0 aromatic heterocycles. The highest BCUT2D eigenvalue weighted by molar-refractivity contribution is 7.93. The molecule has 7 heteroatoms. The van der Waals surface area contributed by atoms with Crippen molar-refractivity contribution in [3.63, 3.8) is 0 Å². The highest BCUT2D eigenvalue weighted by atomic mass is 32.2. The van der Waals surface area contributed by atoms with Crippen LogP contribution in [0.2, 0.25) is 0 Å². The van der Waals surface area contributed by atoms with E-state index in [1.165, 1.54) is 17.5 Å². The average Bonchev–Trinajstić information content (AvgIpc) is 2.60. The summed E-state index contributed by atoms with van der Waals surface area (Å²) >= 11 is 0. The number of aryl methyl sites for hydroxylation is 1. The van der Waals surface area contributed by atoms with Gasteiger partial charge in [0.15, 0.2) is 0 Å². The highest BCUT2D eigenvalue weighted by Crippen LogP contribution is 2.36. The van der Waals surface area contributed by atoms with Crippen molar-refractivity contribution in [3.8, 4) is 5.75 Å². The number of fused-ring (bicyclic) bond motifs is 1. The number of sulfonamides is 1. The van der Waals surface area contributed by atoms with Crippen molar-refractivity contribution in [2.24, 2.45) is 0 Å². The first-order chi connectivity index (χ1) is 11.5. The van der Waals surface area contributed by atoms with E-state index < -0.39 is 16.0 Å². The van der Waals surface area contributed by atoms with E-state index in [1.54, 1.807) is 43.3 Å². The Bertz CT molecular complexity index is 892. The van der Waals surface area contributed by atoms with Crippen LogP contribution in [0.4, 0.5) is 5.69 Å². The van der Waals surface area contributed by atoms with Crippen molar-refractivity contribution in [2.75, 3.05) is 24.6 Å². The summed E-state index contributed by atoms with van der Waals surface area (Å²) in [5.74, 6) is -0.173. The molecule has 24 heavy (non-hydrogen) atoms. The molecule has 0 radical (unpaired) electrons. The lowest BCUT2D eigenvalue weighted by atomic mass is 10.1. The first-order valence-corrected chi connectivity index (χ1v) is 8.83. The minimum Gasteiger partial charge on any atom is -0.489 e. The van der Waals surface area contributed by atoms with Crippen molar-refractivity contribution in [2.45, 2.75) is 11.8 Å². The fourth-order valence-electron chi connectivity index (χ4n) is 2.73. The number of hydrogen-bond donors (Lipinski definition) is 0. The minimum atomic E-state index is -3.93. The molecule has 0 unspecified atom stereocenters. The van der Waals surface area contributed by atoms with Crippen molar-refractivity contribution in [1.29, 1.82) is 0 Å². The molecule has 0 aliphatic carbocycles. The molecule has 0 bridgehead atoms. The lowest BCUT2D eigenvalue weighted by Gasteiger charge is -2.30. The number of esters is 1. The third-order valence-corrected chi connectivity index (χ3v) is 5.73. The smallest absolute Gasteiger partial charge is 0.339 e. The molecule has 0 fully saturated rings. The third-order valence-electron chi connectivity index (χ3n) is 3.88. The van der Waals surface area contributed by atoms with Crippen LogP contribution < -0.4 is 9.04 Å². The van der Waals surface area contributed by atoms with Crippen LogP contribution in [-0.4, -0.2) is 34.6 Å². The molecule has 2 aromatic rings. The summed E-state index contributed by atoms with van der Waals surface area (Å²) in [6, 6.07) is 11.6. The van der Waals surface area contributed by atoms with Gasteiger partial charge >= 0.3 is 5.97 Å². The van der Waals surface area contributed by atoms with Gasteiger partial charge in [0.05, 0.1) is 24.9 Å². The molecule has 0 amide bonds. The Balaban J connectivity index is 2.17. The van der Waals surface area contributed by atoms with Gasteiger partial charge in [-0.1, -0.05) is 24.3 Å². The zero-order chi connectivity index (χ0) is 17.3. The second-order valence-corrected chi connectivity index (χ2v) is 7.16. The van der Waals surface area contributed by atoms with Crippen LogP contribution in [-0.2, 0) is 14.8 Å². The monoisotopic (exact) mass is 347 g/mol. The van der Waals surface area contributed by atoms with Crippen LogP contribution >= 0.6 is 0 Å². The van der Waals surface area contributed by atoms with Crippen molar-refractivity contribution in [1.82, 2.24) is 0 Å². The zero-order valence-electron chi connectivity index (χ0n) is 13.4. The lowest BCUT2D eigenvalue weighted by Crippen LogP contribution is -2.38. The predicted molar refractivity (Wildman–Crippen MR) is 89.0 cm³/mol. The van der Waals surface area contributed by atoms with E-state index in [1.807, 2.05) is 0 Å². The quantitative estimate of drug-likeness (QED) is 0.797. The molecule has 0 saturated heterocycles. The van der Waals surface area contributed by atoms with E-state index in [0.29, 0.717) is 17.0 Å². The third kappa shape index (κ3) is 2.60. The molecule has 1 aliphatic rings. The topological polar surface area (TPSA) is 72.9 Å². The second kappa shape index (κ2) is 6.16. The lowest BCUT2D eigenvalue weighted by molar-refractivity contribution is 0.0595. The first-order valence-electron chi connectivity index (χ1n) is 7.39. The maximum absolute atomic E-state index is 13.2. The van der Waals surface area contributed by atoms with Gasteiger partial charge in [0.2, 0.25) is 0 Å². The van der Waals surface area contributed by atoms with E-state index >= 15 is 0 Å². The molecule has 1 heterocycles. The van der Waals surface area contributed by atoms with Crippen LogP contribution in [0.5, 0.6) is 5.75 Å². The van der Waals surface area contributed by atoms with Gasteiger partial charge in [0, 0.05) is 0 Å². The van der Waals surface area contributed by atoms with Crippen molar-refractivity contribution >= 4 is 21.7 Å². The van der Waals surface area contributed by atoms with Crippen LogP contribution in [0.25, 0.3) is 0 Å². The SMILES string of the molecule is COC(=O)c1c(C)cccc1S(=O)(=O)N1CCOc2ccccc21. The predicted octanol–water partition coefficient (Wildman–Crippen LogP) is 2.37. The molecular formula is C17H17NO5S. The van der Waals surface area contributed by atoms with E-state index in [4.69, 9.17) is 9.47 Å². The van der Waals surface area contributed by atoms with E-state index in [9.17, 15) is 13.2 Å². The number of rotatable bonds is 3. The summed E-state index contributed by atoms with van der Waals surface area (Å²) < 4.78 is 38.0. The number of carbonyl (C=O) groups is 1. The molecule has 0 N–H and O–H groups in total. The number of para-hydroxylation sites is 2. The fourth-order valence-corrected chi connectivity index (χ4v) is 4.45. The van der Waals surface area contributed by atoms with Gasteiger partial charge in [-0.05, 0) is 30.7 Å². The Labute approximate surface area is 140 Å². The Morgan fingerprint density at radius 1 is 1.17 bits per heavy atom. The number of hydrogen-bond acceptors (Lipinski definition) is 5. The Hall–Kier alpha value is -2.54. The van der Waals surface area contributed by atoms with Gasteiger partial charge in [0.1, 0.15) is 17.3 Å². The molecule has 126 valence electrons. The molecule has 6 nitrogen and oxygen atoms in total. The maximum atomic E-state index is 13.2. The number of anilines is 1. The fraction of sp³-hybridized carbons (Fsp3) is 0.235. The number of carbonyl (C=O) groups excluding carboxylic acids is 1. The summed E-state index contributed by atoms with van der Waals surface area (Å²) in [5, 5.41) is 0. The highest BCUT2D eigenvalue weighted by Gasteiger charge is 2.33. The maximum Gasteiger partial charge on any atom is 0.339 e. The van der Waals surface area contributed by atoms with Crippen LogP contribution in [0.3, 0.4) is 0 Å². The normalized spacial score (nSPS) is 13.8. The summed E-state index contributed by atoms with van der Waals surface area (Å²) in [7, 11) is -2.70. The largest absolute Gasteiger partial charge is 0.489 e. The Morgan fingerprint density at radius 3 is 2.67 bits per heavy atom. The van der Waals surface area contributed by atoms with Gasteiger partial charge in [-0.25, -0.2) is 13.2 Å². The van der Waals surface area contributed by atoms with E-state index in [0.717, 1.165) is 0 Å². The van der Waals surface area contributed by atoms with Gasteiger partial charge in [-0.15, -0.1) is 0 Å². The standard InChI is InChI=1S/C17H17NO5S/c1-12-6-5-9-15(16(12)17(19)22-2)24(20,21)18-10-11-23-14-8-4-3-7-13(14)18/h3-9H,10-11H2,1-2H3. The number of ether oxygens (including phenoxy) is 2. The van der Waals surface area contributed by atoms with E-state index in [2.05, 4.69) is 0 Å². The molecular weight excluding hydrogens is 330 g/mol. The second-order valence-electron chi connectivity index (χ2n) is 5.33.